The Morgan fingerprint density at radius 2 is 2.50 bits per heavy atom. The van der Waals surface area contributed by atoms with Gasteiger partial charge >= 0.3 is 0 Å². The SMILES string of the molecule is OCc1c(F)c2cn1-2. The lowest BCUT2D eigenvalue weighted by molar-refractivity contribution is 0.264. The van der Waals surface area contributed by atoms with E-state index in [1.54, 1.807) is 10.8 Å². The van der Waals surface area contributed by atoms with Crippen LogP contribution in [0.25, 0.3) is 5.69 Å². The molecule has 0 bridgehead atoms. The zero-order valence-corrected chi connectivity index (χ0v) is 4.06. The van der Waals surface area contributed by atoms with Crippen LogP contribution in [0.5, 0.6) is 0 Å². The second-order valence-corrected chi connectivity index (χ2v) is 1.80. The van der Waals surface area contributed by atoms with Gasteiger partial charge in [0.1, 0.15) is 5.69 Å². The second-order valence-electron chi connectivity index (χ2n) is 1.80. The highest BCUT2D eigenvalue weighted by Crippen LogP contribution is 2.33. The molecule has 0 unspecified atom stereocenters. The molecule has 0 fully saturated rings. The first-order chi connectivity index (χ1) is 3.84. The van der Waals surface area contributed by atoms with Gasteiger partial charge in [0.15, 0.2) is 5.82 Å². The van der Waals surface area contributed by atoms with E-state index in [4.69, 9.17) is 5.11 Å². The summed E-state index contributed by atoms with van der Waals surface area (Å²) in [5.41, 5.74) is 1.04. The van der Waals surface area contributed by atoms with Gasteiger partial charge in [0.2, 0.25) is 0 Å². The van der Waals surface area contributed by atoms with Crippen molar-refractivity contribution in [2.24, 2.45) is 0 Å². The zero-order chi connectivity index (χ0) is 5.72. The fourth-order valence-corrected chi connectivity index (χ4v) is 0.825. The maximum atomic E-state index is 12.2. The van der Waals surface area contributed by atoms with Gasteiger partial charge in [0.25, 0.3) is 0 Å². The molecule has 0 amide bonds. The Morgan fingerprint density at radius 3 is 2.75 bits per heavy atom. The van der Waals surface area contributed by atoms with Crippen molar-refractivity contribution in [1.82, 2.24) is 4.57 Å². The van der Waals surface area contributed by atoms with Crippen LogP contribution >= 0.6 is 0 Å². The molecule has 2 aliphatic heterocycles. The van der Waals surface area contributed by atoms with Crippen LogP contribution in [-0.4, -0.2) is 9.67 Å². The van der Waals surface area contributed by atoms with Crippen molar-refractivity contribution < 1.29 is 9.50 Å². The molecule has 0 atom stereocenters. The summed E-state index contributed by atoms with van der Waals surface area (Å²) in [7, 11) is 0. The third-order valence-electron chi connectivity index (χ3n) is 1.36. The number of aliphatic hydroxyl groups is 1. The van der Waals surface area contributed by atoms with Crippen molar-refractivity contribution >= 4 is 0 Å². The quantitative estimate of drug-likeness (QED) is 0.569. The van der Waals surface area contributed by atoms with Gasteiger partial charge in [-0.3, -0.25) is 0 Å². The van der Waals surface area contributed by atoms with E-state index in [-0.39, 0.29) is 12.4 Å². The molecule has 0 spiro atoms. The second kappa shape index (κ2) is 0.951. The van der Waals surface area contributed by atoms with Gasteiger partial charge in [-0.15, -0.1) is 0 Å². The highest BCUT2D eigenvalue weighted by molar-refractivity contribution is 5.52. The minimum absolute atomic E-state index is 0.189. The number of rotatable bonds is 1. The maximum absolute atomic E-state index is 12.2. The van der Waals surface area contributed by atoms with Gasteiger partial charge in [-0.05, 0) is 0 Å². The molecule has 0 radical (unpaired) electrons. The van der Waals surface area contributed by atoms with Gasteiger partial charge in [-0.1, -0.05) is 0 Å². The first kappa shape index (κ1) is 4.09. The van der Waals surface area contributed by atoms with E-state index in [1.165, 1.54) is 0 Å². The molecular weight excluding hydrogens is 109 g/mol. The summed E-state index contributed by atoms with van der Waals surface area (Å²) in [6.45, 7) is -0.189. The van der Waals surface area contributed by atoms with E-state index in [1.807, 2.05) is 0 Å². The van der Waals surface area contributed by atoms with Crippen LogP contribution in [0.4, 0.5) is 4.39 Å². The number of hydrogen-bond donors (Lipinski definition) is 1. The molecule has 3 heteroatoms. The van der Waals surface area contributed by atoms with Crippen LogP contribution in [0.1, 0.15) is 5.69 Å². The minimum atomic E-state index is -0.243. The Labute approximate surface area is 45.2 Å². The monoisotopic (exact) mass is 113 g/mol. The molecule has 2 rings (SSSR count). The van der Waals surface area contributed by atoms with Gasteiger partial charge in [0.05, 0.1) is 12.3 Å². The molecule has 8 heavy (non-hydrogen) atoms. The van der Waals surface area contributed by atoms with Crippen LogP contribution < -0.4 is 0 Å². The lowest BCUT2D eigenvalue weighted by atomic mass is 10.3. The standard InChI is InChI=1S/C5H4FNO/c6-5-3-1-7(3)4(5)2-8/h1,8H,2H2. The van der Waals surface area contributed by atoms with Crippen LogP contribution in [0, 0.1) is 5.82 Å². The summed E-state index contributed by atoms with van der Waals surface area (Å²) >= 11 is 0. The van der Waals surface area contributed by atoms with Crippen molar-refractivity contribution in [2.45, 2.75) is 6.61 Å². The van der Waals surface area contributed by atoms with Gasteiger partial charge in [-0.2, -0.15) is 0 Å². The van der Waals surface area contributed by atoms with Crippen molar-refractivity contribution in [3.8, 4) is 5.69 Å². The average Bonchev–Trinajstić information content (AvgIpc) is 2.44. The Morgan fingerprint density at radius 1 is 1.75 bits per heavy atom. The highest BCUT2D eigenvalue weighted by Gasteiger charge is 2.28. The van der Waals surface area contributed by atoms with E-state index in [0.717, 1.165) is 0 Å². The fraction of sp³-hybridized carbons (Fsp3) is 0.200. The van der Waals surface area contributed by atoms with Crippen LogP contribution in [0.2, 0.25) is 0 Å². The van der Waals surface area contributed by atoms with E-state index in [0.29, 0.717) is 11.4 Å². The minimum Gasteiger partial charge on any atom is -0.390 e. The molecule has 2 nitrogen and oxygen atoms in total. The van der Waals surface area contributed by atoms with Crippen LogP contribution in [-0.2, 0) is 6.61 Å². The van der Waals surface area contributed by atoms with Crippen molar-refractivity contribution in [3.05, 3.63) is 17.7 Å². The Hall–Kier alpha value is -0.830. The van der Waals surface area contributed by atoms with Crippen molar-refractivity contribution in [1.29, 1.82) is 0 Å². The normalized spacial score (nSPS) is 12.2. The fourth-order valence-electron chi connectivity index (χ4n) is 0.825. The van der Waals surface area contributed by atoms with Crippen molar-refractivity contribution in [3.63, 3.8) is 0 Å². The smallest absolute Gasteiger partial charge is 0.170 e. The lowest BCUT2D eigenvalue weighted by Gasteiger charge is -2.03. The Balaban J connectivity index is 2.49. The molecule has 0 aromatic heterocycles. The van der Waals surface area contributed by atoms with E-state index < -0.39 is 0 Å². The predicted octanol–water partition coefficient (Wildman–Crippen LogP) is 0.422. The summed E-state index contributed by atoms with van der Waals surface area (Å²) in [6, 6.07) is 0. The summed E-state index contributed by atoms with van der Waals surface area (Å²) in [6.07, 6.45) is 1.65. The number of aliphatic hydroxyl groups excluding tert-OH is 1. The third kappa shape index (κ3) is 0.245. The largest absolute Gasteiger partial charge is 0.390 e. The topological polar surface area (TPSA) is 25.2 Å². The number of nitrogens with zero attached hydrogens (tertiary/aromatic N) is 1. The first-order valence-electron chi connectivity index (χ1n) is 2.35. The zero-order valence-electron chi connectivity index (χ0n) is 4.06. The van der Waals surface area contributed by atoms with Crippen LogP contribution in [0.3, 0.4) is 0 Å². The summed E-state index contributed by atoms with van der Waals surface area (Å²) in [4.78, 5) is 0. The van der Waals surface area contributed by atoms with Crippen molar-refractivity contribution in [2.75, 3.05) is 0 Å². The van der Waals surface area contributed by atoms with Gasteiger partial charge in [-0.25, -0.2) is 4.39 Å². The summed E-state index contributed by atoms with van der Waals surface area (Å²) < 4.78 is 13.9. The van der Waals surface area contributed by atoms with Gasteiger partial charge in [0, 0.05) is 6.20 Å². The molecule has 0 aliphatic carbocycles. The number of halogens is 1. The number of fused-ring (bicyclic) bond motifs is 1. The molecule has 2 heterocycles. The molecular formula is C5H4FNO. The molecule has 0 saturated carbocycles. The molecule has 2 aliphatic rings. The van der Waals surface area contributed by atoms with E-state index in [2.05, 4.69) is 0 Å². The highest BCUT2D eigenvalue weighted by atomic mass is 19.1. The lowest BCUT2D eigenvalue weighted by Crippen LogP contribution is -2.02. The average molecular weight is 113 g/mol. The molecule has 42 valence electrons. The Kier molecular flexibility index (Phi) is 0.486. The maximum Gasteiger partial charge on any atom is 0.170 e. The Bertz CT molecular complexity index is 241. The molecule has 0 aromatic rings. The number of hydrogen-bond acceptors (Lipinski definition) is 1. The predicted molar refractivity (Wildman–Crippen MR) is 25.2 cm³/mol. The van der Waals surface area contributed by atoms with E-state index in [9.17, 15) is 4.39 Å². The van der Waals surface area contributed by atoms with E-state index >= 15 is 0 Å². The molecule has 1 N–H and O–H groups in total. The third-order valence-corrected chi connectivity index (χ3v) is 1.36. The summed E-state index contributed by atoms with van der Waals surface area (Å²) in [5, 5.41) is 8.38. The molecule has 0 saturated heterocycles. The van der Waals surface area contributed by atoms with Crippen LogP contribution in [0.15, 0.2) is 6.20 Å². The van der Waals surface area contributed by atoms with Gasteiger partial charge < -0.3 is 9.67 Å². The summed E-state index contributed by atoms with van der Waals surface area (Å²) in [5.74, 6) is -0.243. The number of aromatic nitrogens is 1. The first-order valence-corrected chi connectivity index (χ1v) is 2.35. The molecule has 0 aromatic carbocycles.